The van der Waals surface area contributed by atoms with Crippen LogP contribution in [0.5, 0.6) is 0 Å². The second-order valence-corrected chi connectivity index (χ2v) is 5.22. The summed E-state index contributed by atoms with van der Waals surface area (Å²) in [5.41, 5.74) is 0.884. The normalized spacial score (nSPS) is 12.3. The van der Waals surface area contributed by atoms with Crippen LogP contribution in [0.2, 0.25) is 0 Å². The summed E-state index contributed by atoms with van der Waals surface area (Å²) in [4.78, 5) is 3.90. The van der Waals surface area contributed by atoms with E-state index >= 15 is 0 Å². The van der Waals surface area contributed by atoms with Crippen molar-refractivity contribution in [3.05, 3.63) is 24.5 Å². The van der Waals surface area contributed by atoms with Gasteiger partial charge in [0.05, 0.1) is 10.8 Å². The molecule has 0 amide bonds. The third kappa shape index (κ3) is 2.57. The summed E-state index contributed by atoms with van der Waals surface area (Å²) in [7, 11) is -1.07. The van der Waals surface area contributed by atoms with Gasteiger partial charge in [0.15, 0.2) is 0 Å². The fourth-order valence-electron chi connectivity index (χ4n) is 0.935. The summed E-state index contributed by atoms with van der Waals surface area (Å²) in [5.74, 6) is 0. The Balaban J connectivity index is 2.15. The van der Waals surface area contributed by atoms with Crippen LogP contribution in [0.3, 0.4) is 0 Å². The Bertz CT molecular complexity index is 471. The maximum absolute atomic E-state index is 11.1. The Morgan fingerprint density at radius 2 is 2.07 bits per heavy atom. The van der Waals surface area contributed by atoms with Gasteiger partial charge < -0.3 is 5.32 Å². The van der Waals surface area contributed by atoms with Crippen LogP contribution in [0.4, 0.5) is 10.8 Å². The van der Waals surface area contributed by atoms with Gasteiger partial charge in [-0.15, -0.1) is 10.2 Å². The first-order chi connectivity index (χ1) is 7.25. The van der Waals surface area contributed by atoms with E-state index in [1.807, 2.05) is 12.1 Å². The smallest absolute Gasteiger partial charge is 0.210 e. The number of aromatic nitrogens is 3. The van der Waals surface area contributed by atoms with Gasteiger partial charge in [0.2, 0.25) is 9.47 Å². The van der Waals surface area contributed by atoms with E-state index in [1.54, 1.807) is 18.6 Å². The Labute approximate surface area is 93.0 Å². The van der Waals surface area contributed by atoms with Gasteiger partial charge in [-0.25, -0.2) is 0 Å². The maximum Gasteiger partial charge on any atom is 0.210 e. The fraction of sp³-hybridized carbons (Fsp3) is 0.125. The average molecular weight is 240 g/mol. The van der Waals surface area contributed by atoms with Crippen LogP contribution < -0.4 is 5.32 Å². The minimum Gasteiger partial charge on any atom is -0.330 e. The van der Waals surface area contributed by atoms with Crippen LogP contribution in [-0.4, -0.2) is 25.6 Å². The molecular weight excluding hydrogens is 232 g/mol. The molecule has 2 rings (SSSR count). The van der Waals surface area contributed by atoms with Crippen LogP contribution >= 0.6 is 11.3 Å². The molecule has 1 N–H and O–H groups in total. The lowest BCUT2D eigenvalue weighted by atomic mass is 10.4. The molecule has 2 aromatic heterocycles. The summed E-state index contributed by atoms with van der Waals surface area (Å²) < 4.78 is 11.6. The molecule has 0 aliphatic heterocycles. The summed E-state index contributed by atoms with van der Waals surface area (Å²) in [5, 5.41) is 11.4. The van der Waals surface area contributed by atoms with Gasteiger partial charge in [-0.1, -0.05) is 11.3 Å². The number of hydrogen-bond acceptors (Lipinski definition) is 6. The van der Waals surface area contributed by atoms with E-state index in [9.17, 15) is 4.21 Å². The number of anilines is 2. The van der Waals surface area contributed by atoms with Crippen LogP contribution in [0, 0.1) is 0 Å². The molecule has 0 aliphatic rings. The quantitative estimate of drug-likeness (QED) is 0.878. The minimum absolute atomic E-state index is 0.520. The van der Waals surface area contributed by atoms with Crippen molar-refractivity contribution in [3.63, 3.8) is 0 Å². The monoisotopic (exact) mass is 240 g/mol. The van der Waals surface area contributed by atoms with E-state index in [2.05, 4.69) is 20.5 Å². The number of nitrogens with one attached hydrogen (secondary N) is 1. The van der Waals surface area contributed by atoms with E-state index in [4.69, 9.17) is 0 Å². The molecule has 2 heterocycles. The lowest BCUT2D eigenvalue weighted by Crippen LogP contribution is -1.88. The predicted molar refractivity (Wildman–Crippen MR) is 59.8 cm³/mol. The molecule has 0 aromatic carbocycles. The first kappa shape index (κ1) is 10.2. The molecule has 0 aliphatic carbocycles. The molecule has 0 radical (unpaired) electrons. The Morgan fingerprint density at radius 3 is 2.67 bits per heavy atom. The highest BCUT2D eigenvalue weighted by Crippen LogP contribution is 2.21. The Kier molecular flexibility index (Phi) is 3.02. The van der Waals surface area contributed by atoms with Gasteiger partial charge in [0.1, 0.15) is 0 Å². The SMILES string of the molecule is CS(=O)c1nnc(Nc2ccncc2)s1. The van der Waals surface area contributed by atoms with E-state index in [-0.39, 0.29) is 0 Å². The number of pyridine rings is 1. The molecular formula is C8H8N4OS2. The molecule has 5 nitrogen and oxygen atoms in total. The van der Waals surface area contributed by atoms with Crippen LogP contribution in [0.1, 0.15) is 0 Å². The maximum atomic E-state index is 11.1. The minimum atomic E-state index is -1.07. The van der Waals surface area contributed by atoms with E-state index in [1.165, 1.54) is 11.3 Å². The first-order valence-corrected chi connectivity index (χ1v) is 6.47. The molecule has 1 atom stereocenters. The molecule has 7 heteroatoms. The van der Waals surface area contributed by atoms with Crippen molar-refractivity contribution in [2.75, 3.05) is 11.6 Å². The summed E-state index contributed by atoms with van der Waals surface area (Å²) in [6.07, 6.45) is 4.95. The lowest BCUT2D eigenvalue weighted by Gasteiger charge is -1.98. The third-order valence-electron chi connectivity index (χ3n) is 1.58. The van der Waals surface area contributed by atoms with Gasteiger partial charge >= 0.3 is 0 Å². The Hall–Kier alpha value is -1.34. The van der Waals surface area contributed by atoms with Crippen molar-refractivity contribution in [1.29, 1.82) is 0 Å². The highest BCUT2D eigenvalue weighted by atomic mass is 32.2. The largest absolute Gasteiger partial charge is 0.330 e. The molecule has 1 unspecified atom stereocenters. The predicted octanol–water partition coefficient (Wildman–Crippen LogP) is 1.41. The first-order valence-electron chi connectivity index (χ1n) is 4.09. The van der Waals surface area contributed by atoms with Crippen LogP contribution in [-0.2, 0) is 10.8 Å². The topological polar surface area (TPSA) is 67.8 Å². The molecule has 0 fully saturated rings. The second kappa shape index (κ2) is 4.45. The molecule has 0 spiro atoms. The highest BCUT2D eigenvalue weighted by Gasteiger charge is 2.06. The van der Waals surface area contributed by atoms with Crippen molar-refractivity contribution in [2.24, 2.45) is 0 Å². The summed E-state index contributed by atoms with van der Waals surface area (Å²) in [6, 6.07) is 3.65. The lowest BCUT2D eigenvalue weighted by molar-refractivity contribution is 0.685. The molecule has 78 valence electrons. The third-order valence-corrected chi connectivity index (χ3v) is 3.74. The van der Waals surface area contributed by atoms with Crippen molar-refractivity contribution >= 4 is 33.0 Å². The Morgan fingerprint density at radius 1 is 1.33 bits per heavy atom. The van der Waals surface area contributed by atoms with E-state index < -0.39 is 10.8 Å². The number of rotatable bonds is 3. The van der Waals surface area contributed by atoms with Crippen molar-refractivity contribution in [1.82, 2.24) is 15.2 Å². The average Bonchev–Trinajstić information content (AvgIpc) is 2.68. The van der Waals surface area contributed by atoms with Gasteiger partial charge in [-0.2, -0.15) is 0 Å². The zero-order chi connectivity index (χ0) is 10.7. The van der Waals surface area contributed by atoms with Crippen molar-refractivity contribution in [2.45, 2.75) is 4.34 Å². The highest BCUT2D eigenvalue weighted by molar-refractivity contribution is 7.86. The molecule has 2 aromatic rings. The van der Waals surface area contributed by atoms with Gasteiger partial charge in [-0.05, 0) is 12.1 Å². The number of hydrogen-bond donors (Lipinski definition) is 1. The van der Waals surface area contributed by atoms with Crippen molar-refractivity contribution in [3.8, 4) is 0 Å². The van der Waals surface area contributed by atoms with E-state index in [0.717, 1.165) is 5.69 Å². The number of nitrogens with zero attached hydrogens (tertiary/aromatic N) is 3. The zero-order valence-electron chi connectivity index (χ0n) is 7.88. The van der Waals surface area contributed by atoms with Gasteiger partial charge in [0, 0.05) is 24.3 Å². The molecule has 15 heavy (non-hydrogen) atoms. The zero-order valence-corrected chi connectivity index (χ0v) is 9.51. The summed E-state index contributed by atoms with van der Waals surface area (Å²) in [6.45, 7) is 0. The molecule has 0 bridgehead atoms. The second-order valence-electron chi connectivity index (χ2n) is 2.69. The fourth-order valence-corrected chi connectivity index (χ4v) is 2.29. The van der Waals surface area contributed by atoms with Crippen molar-refractivity contribution < 1.29 is 4.21 Å². The molecule has 0 saturated carbocycles. The van der Waals surface area contributed by atoms with E-state index in [0.29, 0.717) is 9.47 Å². The standard InChI is InChI=1S/C8H8N4OS2/c1-15(13)8-12-11-7(14-8)10-6-2-4-9-5-3-6/h2-5H,1H3,(H,9,10,11). The van der Waals surface area contributed by atoms with Gasteiger partial charge in [-0.3, -0.25) is 9.19 Å². The molecule has 0 saturated heterocycles. The van der Waals surface area contributed by atoms with Gasteiger partial charge in [0.25, 0.3) is 0 Å². The summed E-state index contributed by atoms with van der Waals surface area (Å²) >= 11 is 1.28. The van der Waals surface area contributed by atoms with Crippen LogP contribution in [0.25, 0.3) is 0 Å². The van der Waals surface area contributed by atoms with Crippen LogP contribution in [0.15, 0.2) is 28.9 Å².